The third-order valence-electron chi connectivity index (χ3n) is 8.55. The molecule has 8 heteroatoms. The number of nitrogens with zero attached hydrogens (tertiary/aromatic N) is 2. The molecule has 0 radical (unpaired) electrons. The molecule has 3 aromatic carbocycles. The van der Waals surface area contributed by atoms with Crippen LogP contribution in [0.1, 0.15) is 86.5 Å². The lowest BCUT2D eigenvalue weighted by atomic mass is 9.80. The molecule has 1 fully saturated rings. The molecule has 0 N–H and O–H groups in total. The Morgan fingerprint density at radius 3 is 2.38 bits per heavy atom. The molecule has 42 heavy (non-hydrogen) atoms. The minimum absolute atomic E-state index is 0.0895. The van der Waals surface area contributed by atoms with E-state index in [-0.39, 0.29) is 23.5 Å². The highest BCUT2D eigenvalue weighted by atomic mass is 32.1. The summed E-state index contributed by atoms with van der Waals surface area (Å²) in [5.74, 6) is 0.381. The average molecular weight is 589 g/mol. The van der Waals surface area contributed by atoms with Gasteiger partial charge in [-0.2, -0.15) is 13.2 Å². The Balaban J connectivity index is 1.09. The number of ketones is 1. The van der Waals surface area contributed by atoms with Gasteiger partial charge in [-0.3, -0.25) is 9.59 Å². The van der Waals surface area contributed by atoms with Crippen molar-refractivity contribution < 1.29 is 22.8 Å². The number of alkyl halides is 3. The van der Waals surface area contributed by atoms with Gasteiger partial charge in [0.2, 0.25) is 0 Å². The zero-order chi connectivity index (χ0) is 29.3. The minimum Gasteiger partial charge on any atom is -0.339 e. The van der Waals surface area contributed by atoms with Crippen molar-refractivity contribution in [1.82, 2.24) is 9.88 Å². The van der Waals surface area contributed by atoms with Crippen LogP contribution in [0.2, 0.25) is 0 Å². The number of amides is 1. The third kappa shape index (κ3) is 5.91. The molecule has 2 heterocycles. The van der Waals surface area contributed by atoms with Gasteiger partial charge in [-0.25, -0.2) is 4.98 Å². The number of hydrogen-bond donors (Lipinski definition) is 0. The Morgan fingerprint density at radius 2 is 1.62 bits per heavy atom. The van der Waals surface area contributed by atoms with Crippen molar-refractivity contribution in [2.45, 2.75) is 56.5 Å². The quantitative estimate of drug-likeness (QED) is 0.212. The number of carbonyl (C=O) groups excluding carboxylic acids is 2. The first-order valence-corrected chi connectivity index (χ1v) is 15.3. The fourth-order valence-electron chi connectivity index (χ4n) is 6.26. The number of Topliss-reactive ketones (excluding diaryl/α,β-unsaturated/α-hetero) is 1. The molecule has 4 aromatic rings. The minimum atomic E-state index is -4.41. The van der Waals surface area contributed by atoms with Crippen LogP contribution in [0.5, 0.6) is 0 Å². The number of likely N-dealkylation sites (tertiary alicyclic amines) is 1. The highest BCUT2D eigenvalue weighted by Gasteiger charge is 2.31. The van der Waals surface area contributed by atoms with Gasteiger partial charge in [-0.05, 0) is 78.5 Å². The molecule has 1 amide bonds. The Morgan fingerprint density at radius 1 is 0.905 bits per heavy atom. The summed E-state index contributed by atoms with van der Waals surface area (Å²) in [4.78, 5) is 33.2. The second-order valence-corrected chi connectivity index (χ2v) is 12.1. The predicted octanol–water partition coefficient (Wildman–Crippen LogP) is 8.54. The number of carbonyl (C=O) groups is 2. The predicted molar refractivity (Wildman–Crippen MR) is 158 cm³/mol. The fraction of sp³-hybridized carbons (Fsp3) is 0.324. The number of benzene rings is 3. The van der Waals surface area contributed by atoms with Crippen LogP contribution >= 0.6 is 11.3 Å². The smallest absolute Gasteiger partial charge is 0.339 e. The Labute approximate surface area is 247 Å². The van der Waals surface area contributed by atoms with E-state index in [1.54, 1.807) is 29.2 Å². The molecule has 0 saturated carbocycles. The molecule has 1 aliphatic carbocycles. The second-order valence-electron chi connectivity index (χ2n) is 11.2. The van der Waals surface area contributed by atoms with Gasteiger partial charge in [0.25, 0.3) is 5.91 Å². The Kier molecular flexibility index (Phi) is 7.99. The van der Waals surface area contributed by atoms with Crippen LogP contribution in [-0.2, 0) is 12.6 Å². The largest absolute Gasteiger partial charge is 0.416 e. The van der Waals surface area contributed by atoms with Crippen molar-refractivity contribution in [3.05, 3.63) is 111 Å². The van der Waals surface area contributed by atoms with Crippen molar-refractivity contribution in [3.63, 3.8) is 0 Å². The number of rotatable bonds is 6. The zero-order valence-corrected chi connectivity index (χ0v) is 23.9. The van der Waals surface area contributed by atoms with Gasteiger partial charge in [0, 0.05) is 36.4 Å². The first-order valence-electron chi connectivity index (χ1n) is 14.4. The summed E-state index contributed by atoms with van der Waals surface area (Å²) in [6.07, 6.45) is 0.745. The van der Waals surface area contributed by atoms with E-state index in [1.165, 1.54) is 34.6 Å². The van der Waals surface area contributed by atoms with E-state index in [9.17, 15) is 22.8 Å². The molecule has 1 unspecified atom stereocenters. The fourth-order valence-corrected chi connectivity index (χ4v) is 7.25. The number of thiazole rings is 1. The standard InChI is InChI=1S/C34H31F3N2O2S/c35-34(36,37)26-14-12-23(13-15-26)28-10-3-4-11-29(28)33(41)39-18-16-24(17-19-39)32-38-30(21-42-32)31(40)20-25-8-5-7-22-6-1-2-9-27(22)25/h1-4,6,9-15,21,24-25H,5,7-8,16-20H2. The number of fused-ring (bicyclic) bond motifs is 1. The summed E-state index contributed by atoms with van der Waals surface area (Å²) in [6, 6.07) is 20.4. The van der Waals surface area contributed by atoms with Gasteiger partial charge in [0.15, 0.2) is 5.78 Å². The molecule has 0 spiro atoms. The number of hydrogen-bond acceptors (Lipinski definition) is 4. The maximum atomic E-state index is 13.5. The lowest BCUT2D eigenvalue weighted by molar-refractivity contribution is -0.137. The van der Waals surface area contributed by atoms with Gasteiger partial charge in [-0.1, -0.05) is 54.6 Å². The first kappa shape index (κ1) is 28.3. The van der Waals surface area contributed by atoms with E-state index in [1.807, 2.05) is 11.4 Å². The molecule has 216 valence electrons. The van der Waals surface area contributed by atoms with Crippen molar-refractivity contribution in [3.8, 4) is 11.1 Å². The van der Waals surface area contributed by atoms with Gasteiger partial charge < -0.3 is 4.90 Å². The molecule has 1 saturated heterocycles. The van der Waals surface area contributed by atoms with Crippen LogP contribution in [0.15, 0.2) is 78.2 Å². The van der Waals surface area contributed by atoms with E-state index < -0.39 is 11.7 Å². The van der Waals surface area contributed by atoms with Crippen molar-refractivity contribution in [1.29, 1.82) is 0 Å². The van der Waals surface area contributed by atoms with Crippen LogP contribution in [0, 0.1) is 0 Å². The number of piperidine rings is 1. The SMILES string of the molecule is O=C(CC1CCCc2ccccc21)c1csc(C2CCN(C(=O)c3ccccc3-c3ccc(C(F)(F)F)cc3)CC2)n1. The number of aryl methyl sites for hydroxylation is 1. The summed E-state index contributed by atoms with van der Waals surface area (Å²) >= 11 is 1.53. The lowest BCUT2D eigenvalue weighted by Gasteiger charge is -2.31. The van der Waals surface area contributed by atoms with Crippen LogP contribution in [0.4, 0.5) is 13.2 Å². The van der Waals surface area contributed by atoms with Gasteiger partial charge in [0.05, 0.1) is 10.6 Å². The Bertz CT molecular complexity index is 1590. The summed E-state index contributed by atoms with van der Waals surface area (Å²) in [5, 5.41) is 2.82. The molecule has 1 aromatic heterocycles. The van der Waals surface area contributed by atoms with E-state index in [4.69, 9.17) is 4.98 Å². The van der Waals surface area contributed by atoms with E-state index >= 15 is 0 Å². The summed E-state index contributed by atoms with van der Waals surface area (Å²) in [6.45, 7) is 1.10. The summed E-state index contributed by atoms with van der Waals surface area (Å²) in [5.41, 5.74) is 4.13. The third-order valence-corrected chi connectivity index (χ3v) is 9.55. The van der Waals surface area contributed by atoms with Crippen LogP contribution in [0.25, 0.3) is 11.1 Å². The highest BCUT2D eigenvalue weighted by Crippen LogP contribution is 2.37. The zero-order valence-electron chi connectivity index (χ0n) is 23.1. The van der Waals surface area contributed by atoms with Crippen molar-refractivity contribution >= 4 is 23.0 Å². The highest BCUT2D eigenvalue weighted by molar-refractivity contribution is 7.09. The van der Waals surface area contributed by atoms with Crippen molar-refractivity contribution in [2.24, 2.45) is 0 Å². The topological polar surface area (TPSA) is 50.3 Å². The van der Waals surface area contributed by atoms with Crippen LogP contribution < -0.4 is 0 Å². The summed E-state index contributed by atoms with van der Waals surface area (Å²) in [7, 11) is 0. The molecular formula is C34H31F3N2O2S. The Hall–Kier alpha value is -3.78. The average Bonchev–Trinajstić information content (AvgIpc) is 3.51. The van der Waals surface area contributed by atoms with E-state index in [0.717, 1.165) is 49.2 Å². The molecule has 1 atom stereocenters. The maximum Gasteiger partial charge on any atom is 0.416 e. The van der Waals surface area contributed by atoms with E-state index in [2.05, 4.69) is 18.2 Å². The van der Waals surface area contributed by atoms with Gasteiger partial charge >= 0.3 is 6.18 Å². The molecule has 2 aliphatic rings. The molecule has 6 rings (SSSR count). The van der Waals surface area contributed by atoms with Crippen molar-refractivity contribution in [2.75, 3.05) is 13.1 Å². The van der Waals surface area contributed by atoms with Gasteiger partial charge in [0.1, 0.15) is 5.69 Å². The van der Waals surface area contributed by atoms with Crippen LogP contribution in [-0.4, -0.2) is 34.7 Å². The van der Waals surface area contributed by atoms with Crippen LogP contribution in [0.3, 0.4) is 0 Å². The van der Waals surface area contributed by atoms with Gasteiger partial charge in [-0.15, -0.1) is 11.3 Å². The lowest BCUT2D eigenvalue weighted by Crippen LogP contribution is -2.38. The molecule has 0 bridgehead atoms. The summed E-state index contributed by atoms with van der Waals surface area (Å²) < 4.78 is 39.1. The second kappa shape index (κ2) is 11.8. The monoisotopic (exact) mass is 588 g/mol. The molecule has 4 nitrogen and oxygen atoms in total. The molecule has 1 aliphatic heterocycles. The first-order chi connectivity index (χ1) is 20.3. The number of aromatic nitrogens is 1. The van der Waals surface area contributed by atoms with E-state index in [0.29, 0.717) is 41.9 Å². The number of halogens is 3. The normalized spacial score (nSPS) is 17.6. The maximum absolute atomic E-state index is 13.5. The molecular weight excluding hydrogens is 557 g/mol.